The number of piperidine rings is 1. The number of hydrogen-bond donors (Lipinski definition) is 2. The fraction of sp³-hybridized carbons (Fsp3) is 0.615. The standard InChI is InChI=1S/C13H20N4O2/c1-8-12(9(2)16-15-8)13(19)17-6-4-5-11(7-17)14-10(3)18/h11H,4-7H2,1-3H3,(H,14,18)(H,15,16). The molecule has 2 rings (SSSR count). The van der Waals surface area contributed by atoms with Crippen LogP contribution in [-0.4, -0.2) is 46.0 Å². The summed E-state index contributed by atoms with van der Waals surface area (Å²) in [5.41, 5.74) is 2.18. The Morgan fingerprint density at radius 1 is 1.42 bits per heavy atom. The molecule has 1 atom stereocenters. The van der Waals surface area contributed by atoms with Gasteiger partial charge in [-0.15, -0.1) is 0 Å². The van der Waals surface area contributed by atoms with Gasteiger partial charge in [-0.3, -0.25) is 14.7 Å². The van der Waals surface area contributed by atoms with E-state index in [9.17, 15) is 9.59 Å². The second-order valence-electron chi connectivity index (χ2n) is 5.10. The molecule has 1 unspecified atom stereocenters. The lowest BCUT2D eigenvalue weighted by Gasteiger charge is -2.33. The Morgan fingerprint density at radius 3 is 2.74 bits per heavy atom. The van der Waals surface area contributed by atoms with Crippen molar-refractivity contribution in [3.8, 4) is 0 Å². The normalized spacial score (nSPS) is 19.3. The first-order valence-electron chi connectivity index (χ1n) is 6.57. The molecule has 1 aliphatic rings. The first-order valence-corrected chi connectivity index (χ1v) is 6.57. The molecule has 0 spiro atoms. The molecule has 1 fully saturated rings. The molecule has 1 saturated heterocycles. The summed E-state index contributed by atoms with van der Waals surface area (Å²) in [6, 6.07) is 0.0581. The van der Waals surface area contributed by atoms with Crippen molar-refractivity contribution >= 4 is 11.8 Å². The zero-order chi connectivity index (χ0) is 14.0. The molecule has 0 radical (unpaired) electrons. The van der Waals surface area contributed by atoms with Crippen LogP contribution >= 0.6 is 0 Å². The maximum absolute atomic E-state index is 12.5. The van der Waals surface area contributed by atoms with Gasteiger partial charge in [-0.25, -0.2) is 0 Å². The first-order chi connectivity index (χ1) is 8.99. The van der Waals surface area contributed by atoms with Gasteiger partial charge in [0.15, 0.2) is 0 Å². The van der Waals surface area contributed by atoms with Crippen molar-refractivity contribution in [2.45, 2.75) is 39.7 Å². The molecule has 0 saturated carbocycles. The van der Waals surface area contributed by atoms with E-state index >= 15 is 0 Å². The van der Waals surface area contributed by atoms with Crippen LogP contribution in [0, 0.1) is 13.8 Å². The van der Waals surface area contributed by atoms with E-state index in [1.54, 1.807) is 4.90 Å². The maximum Gasteiger partial charge on any atom is 0.257 e. The van der Waals surface area contributed by atoms with Crippen molar-refractivity contribution < 1.29 is 9.59 Å². The number of aromatic nitrogens is 2. The van der Waals surface area contributed by atoms with E-state index in [0.717, 1.165) is 30.8 Å². The highest BCUT2D eigenvalue weighted by Crippen LogP contribution is 2.17. The summed E-state index contributed by atoms with van der Waals surface area (Å²) in [5, 5.41) is 9.78. The summed E-state index contributed by atoms with van der Waals surface area (Å²) in [4.78, 5) is 25.4. The fourth-order valence-corrected chi connectivity index (χ4v) is 2.59. The Kier molecular flexibility index (Phi) is 3.87. The van der Waals surface area contributed by atoms with Gasteiger partial charge in [-0.1, -0.05) is 0 Å². The van der Waals surface area contributed by atoms with Gasteiger partial charge in [0, 0.05) is 31.7 Å². The molecule has 2 heterocycles. The van der Waals surface area contributed by atoms with Crippen molar-refractivity contribution in [1.82, 2.24) is 20.4 Å². The number of carbonyl (C=O) groups is 2. The van der Waals surface area contributed by atoms with Crippen molar-refractivity contribution in [1.29, 1.82) is 0 Å². The third-order valence-corrected chi connectivity index (χ3v) is 3.46. The van der Waals surface area contributed by atoms with Crippen molar-refractivity contribution in [2.75, 3.05) is 13.1 Å². The Morgan fingerprint density at radius 2 is 2.16 bits per heavy atom. The van der Waals surface area contributed by atoms with Crippen LogP contribution in [0.15, 0.2) is 0 Å². The molecule has 19 heavy (non-hydrogen) atoms. The molecule has 6 nitrogen and oxygen atoms in total. The van der Waals surface area contributed by atoms with Gasteiger partial charge >= 0.3 is 0 Å². The smallest absolute Gasteiger partial charge is 0.257 e. The molecule has 0 aliphatic carbocycles. The minimum absolute atomic E-state index is 0.00111. The number of likely N-dealkylation sites (tertiary alicyclic amines) is 1. The molecule has 1 aromatic heterocycles. The van der Waals surface area contributed by atoms with Crippen molar-refractivity contribution in [3.63, 3.8) is 0 Å². The van der Waals surface area contributed by atoms with Gasteiger partial charge in [-0.2, -0.15) is 5.10 Å². The highest BCUT2D eigenvalue weighted by molar-refractivity contribution is 5.96. The van der Waals surface area contributed by atoms with Crippen LogP contribution in [0.25, 0.3) is 0 Å². The predicted octanol–water partition coefficient (Wildman–Crippen LogP) is 0.767. The third kappa shape index (κ3) is 2.94. The fourth-order valence-electron chi connectivity index (χ4n) is 2.59. The quantitative estimate of drug-likeness (QED) is 0.828. The highest BCUT2D eigenvalue weighted by Gasteiger charge is 2.27. The minimum Gasteiger partial charge on any atom is -0.352 e. The zero-order valence-electron chi connectivity index (χ0n) is 11.6. The maximum atomic E-state index is 12.5. The van der Waals surface area contributed by atoms with E-state index in [2.05, 4.69) is 15.5 Å². The Labute approximate surface area is 112 Å². The molecule has 2 N–H and O–H groups in total. The topological polar surface area (TPSA) is 78.1 Å². The van der Waals surface area contributed by atoms with Gasteiger partial charge in [0.2, 0.25) is 5.91 Å². The number of aromatic amines is 1. The molecular formula is C13H20N4O2. The molecular weight excluding hydrogens is 244 g/mol. The lowest BCUT2D eigenvalue weighted by atomic mass is 10.0. The lowest BCUT2D eigenvalue weighted by Crippen LogP contribution is -2.49. The highest BCUT2D eigenvalue weighted by atomic mass is 16.2. The summed E-state index contributed by atoms with van der Waals surface area (Å²) in [6.45, 7) is 6.49. The number of hydrogen-bond acceptors (Lipinski definition) is 3. The molecule has 104 valence electrons. The molecule has 2 amide bonds. The number of rotatable bonds is 2. The average molecular weight is 264 g/mol. The molecule has 1 aliphatic heterocycles. The molecule has 0 aromatic carbocycles. The largest absolute Gasteiger partial charge is 0.352 e. The van der Waals surface area contributed by atoms with E-state index in [-0.39, 0.29) is 17.9 Å². The zero-order valence-corrected chi connectivity index (χ0v) is 11.6. The van der Waals surface area contributed by atoms with Crippen molar-refractivity contribution in [2.24, 2.45) is 0 Å². The summed E-state index contributed by atoms with van der Waals surface area (Å²) < 4.78 is 0. The Hall–Kier alpha value is -1.85. The van der Waals surface area contributed by atoms with E-state index in [1.165, 1.54) is 6.92 Å². The van der Waals surface area contributed by atoms with E-state index in [1.807, 2.05) is 13.8 Å². The minimum atomic E-state index is -0.0463. The van der Waals surface area contributed by atoms with Crippen LogP contribution < -0.4 is 5.32 Å². The number of nitrogens with one attached hydrogen (secondary N) is 2. The SMILES string of the molecule is CC(=O)NC1CCCN(C(=O)c2c(C)n[nH]c2C)C1. The molecule has 6 heteroatoms. The van der Waals surface area contributed by atoms with Crippen LogP contribution in [-0.2, 0) is 4.79 Å². The van der Waals surface area contributed by atoms with Crippen LogP contribution in [0.4, 0.5) is 0 Å². The predicted molar refractivity (Wildman–Crippen MR) is 70.8 cm³/mol. The molecule has 0 bridgehead atoms. The summed E-state index contributed by atoms with van der Waals surface area (Å²) in [7, 11) is 0. The summed E-state index contributed by atoms with van der Waals surface area (Å²) in [6.07, 6.45) is 1.83. The summed E-state index contributed by atoms with van der Waals surface area (Å²) in [5.74, 6) is -0.0474. The second-order valence-corrected chi connectivity index (χ2v) is 5.10. The van der Waals surface area contributed by atoms with Gasteiger partial charge in [0.1, 0.15) is 0 Å². The van der Waals surface area contributed by atoms with Crippen LogP contribution in [0.2, 0.25) is 0 Å². The molecule has 1 aromatic rings. The Bertz CT molecular complexity index is 475. The van der Waals surface area contributed by atoms with Gasteiger partial charge in [0.05, 0.1) is 11.3 Å². The van der Waals surface area contributed by atoms with Gasteiger partial charge in [-0.05, 0) is 26.7 Å². The van der Waals surface area contributed by atoms with E-state index < -0.39 is 0 Å². The average Bonchev–Trinajstić information content (AvgIpc) is 2.68. The lowest BCUT2D eigenvalue weighted by molar-refractivity contribution is -0.120. The first kappa shape index (κ1) is 13.6. The number of aryl methyl sites for hydroxylation is 2. The summed E-state index contributed by atoms with van der Waals surface area (Å²) >= 11 is 0. The second kappa shape index (κ2) is 5.42. The number of nitrogens with zero attached hydrogens (tertiary/aromatic N) is 2. The van der Waals surface area contributed by atoms with Crippen molar-refractivity contribution in [3.05, 3.63) is 17.0 Å². The third-order valence-electron chi connectivity index (χ3n) is 3.46. The van der Waals surface area contributed by atoms with Gasteiger partial charge < -0.3 is 10.2 Å². The van der Waals surface area contributed by atoms with E-state index in [4.69, 9.17) is 0 Å². The van der Waals surface area contributed by atoms with Crippen LogP contribution in [0.3, 0.4) is 0 Å². The van der Waals surface area contributed by atoms with Crippen LogP contribution in [0.5, 0.6) is 0 Å². The van der Waals surface area contributed by atoms with Crippen LogP contribution in [0.1, 0.15) is 41.5 Å². The monoisotopic (exact) mass is 264 g/mol. The van der Waals surface area contributed by atoms with Gasteiger partial charge in [0.25, 0.3) is 5.91 Å². The Balaban J connectivity index is 2.09. The number of amides is 2. The van der Waals surface area contributed by atoms with E-state index in [0.29, 0.717) is 12.1 Å². The number of carbonyl (C=O) groups excluding carboxylic acids is 2. The number of H-pyrrole nitrogens is 1.